The predicted octanol–water partition coefficient (Wildman–Crippen LogP) is 2.42. The van der Waals surface area contributed by atoms with Gasteiger partial charge < -0.3 is 19.9 Å². The number of nitrogens with one attached hydrogen (secondary N) is 1. The molecule has 1 atom stereocenters. The zero-order valence-corrected chi connectivity index (χ0v) is 14.5. The molecule has 0 aromatic heterocycles. The summed E-state index contributed by atoms with van der Waals surface area (Å²) in [5.41, 5.74) is 1.12. The Bertz CT molecular complexity index is 647. The summed E-state index contributed by atoms with van der Waals surface area (Å²) in [6.07, 6.45) is 2.98. The highest BCUT2D eigenvalue weighted by Gasteiger charge is 2.45. The molecule has 0 radical (unpaired) electrons. The molecule has 2 N–H and O–H groups in total. The fourth-order valence-corrected chi connectivity index (χ4v) is 3.34. The fourth-order valence-electron chi connectivity index (χ4n) is 3.34. The SMILES string of the molecule is Cc1ccc(CNC(=O)CC2(C(=O)O)CCC2)c(OC2CCOC2)c1. The number of aryl methyl sites for hydroxylation is 1. The van der Waals surface area contributed by atoms with Crippen LogP contribution in [0, 0.1) is 12.3 Å². The van der Waals surface area contributed by atoms with E-state index in [0.717, 1.165) is 29.7 Å². The van der Waals surface area contributed by atoms with E-state index < -0.39 is 11.4 Å². The Kier molecular flexibility index (Phi) is 5.27. The molecular formula is C19H25NO5. The lowest BCUT2D eigenvalue weighted by atomic mass is 9.66. The van der Waals surface area contributed by atoms with Gasteiger partial charge in [-0.05, 0) is 31.4 Å². The van der Waals surface area contributed by atoms with Gasteiger partial charge in [-0.25, -0.2) is 0 Å². The maximum absolute atomic E-state index is 12.2. The lowest BCUT2D eigenvalue weighted by Crippen LogP contribution is -2.42. The van der Waals surface area contributed by atoms with Crippen LogP contribution in [0.5, 0.6) is 5.75 Å². The molecule has 0 spiro atoms. The highest BCUT2D eigenvalue weighted by atomic mass is 16.5. The van der Waals surface area contributed by atoms with Crippen LogP contribution in [0.25, 0.3) is 0 Å². The molecule has 1 amide bonds. The molecule has 136 valence electrons. The number of carbonyl (C=O) groups excluding carboxylic acids is 1. The van der Waals surface area contributed by atoms with Crippen molar-refractivity contribution in [1.29, 1.82) is 0 Å². The topological polar surface area (TPSA) is 84.9 Å². The number of benzene rings is 1. The van der Waals surface area contributed by atoms with E-state index in [-0.39, 0.29) is 18.4 Å². The molecule has 1 aromatic carbocycles. The van der Waals surface area contributed by atoms with Gasteiger partial charge in [0.05, 0.1) is 18.6 Å². The summed E-state index contributed by atoms with van der Waals surface area (Å²) in [6, 6.07) is 5.88. The van der Waals surface area contributed by atoms with Crippen molar-refractivity contribution in [1.82, 2.24) is 5.32 Å². The van der Waals surface area contributed by atoms with Crippen molar-refractivity contribution in [2.45, 2.75) is 51.7 Å². The number of carboxylic acids is 1. The molecule has 6 nitrogen and oxygen atoms in total. The molecule has 1 saturated carbocycles. The van der Waals surface area contributed by atoms with Crippen LogP contribution in [0.2, 0.25) is 0 Å². The Labute approximate surface area is 147 Å². The Balaban J connectivity index is 1.60. The van der Waals surface area contributed by atoms with E-state index >= 15 is 0 Å². The van der Waals surface area contributed by atoms with Crippen molar-refractivity contribution in [2.75, 3.05) is 13.2 Å². The van der Waals surface area contributed by atoms with Gasteiger partial charge in [-0.2, -0.15) is 0 Å². The zero-order valence-electron chi connectivity index (χ0n) is 14.5. The third-order valence-electron chi connectivity index (χ3n) is 5.14. The van der Waals surface area contributed by atoms with Crippen molar-refractivity contribution in [2.24, 2.45) is 5.41 Å². The molecule has 1 unspecified atom stereocenters. The molecule has 2 fully saturated rings. The van der Waals surface area contributed by atoms with Crippen molar-refractivity contribution in [3.8, 4) is 5.75 Å². The molecule has 0 bridgehead atoms. The minimum Gasteiger partial charge on any atom is -0.488 e. The van der Waals surface area contributed by atoms with Crippen LogP contribution in [-0.4, -0.2) is 36.3 Å². The van der Waals surface area contributed by atoms with Crippen LogP contribution in [-0.2, 0) is 20.9 Å². The van der Waals surface area contributed by atoms with Crippen LogP contribution in [0.1, 0.15) is 43.2 Å². The molecule has 3 rings (SSSR count). The maximum atomic E-state index is 12.2. The number of hydrogen-bond donors (Lipinski definition) is 2. The molecule has 25 heavy (non-hydrogen) atoms. The third kappa shape index (κ3) is 4.12. The van der Waals surface area contributed by atoms with Crippen molar-refractivity contribution >= 4 is 11.9 Å². The predicted molar refractivity (Wildman–Crippen MR) is 91.4 cm³/mol. The first-order chi connectivity index (χ1) is 12.0. The Morgan fingerprint density at radius 2 is 2.20 bits per heavy atom. The van der Waals surface area contributed by atoms with Crippen LogP contribution < -0.4 is 10.1 Å². The second kappa shape index (κ2) is 7.44. The van der Waals surface area contributed by atoms with Gasteiger partial charge in [0.25, 0.3) is 0 Å². The number of carbonyl (C=O) groups is 2. The van der Waals surface area contributed by atoms with Crippen LogP contribution in [0.3, 0.4) is 0 Å². The van der Waals surface area contributed by atoms with E-state index in [9.17, 15) is 14.7 Å². The Morgan fingerprint density at radius 3 is 2.80 bits per heavy atom. The van der Waals surface area contributed by atoms with E-state index in [1.165, 1.54) is 0 Å². The quantitative estimate of drug-likeness (QED) is 0.791. The standard InChI is InChI=1S/C19H25NO5/c1-13-3-4-14(16(9-13)25-15-5-8-24-12-15)11-20-17(21)10-19(18(22)23)6-2-7-19/h3-4,9,15H,2,5-8,10-12H2,1H3,(H,20,21)(H,22,23). The third-order valence-corrected chi connectivity index (χ3v) is 5.14. The highest BCUT2D eigenvalue weighted by molar-refractivity contribution is 5.85. The van der Waals surface area contributed by atoms with E-state index in [1.807, 2.05) is 25.1 Å². The summed E-state index contributed by atoms with van der Waals surface area (Å²) in [7, 11) is 0. The van der Waals surface area contributed by atoms with E-state index in [4.69, 9.17) is 9.47 Å². The molecule has 1 aromatic rings. The van der Waals surface area contributed by atoms with Gasteiger partial charge in [-0.3, -0.25) is 9.59 Å². The van der Waals surface area contributed by atoms with Crippen LogP contribution in [0.15, 0.2) is 18.2 Å². The second-order valence-electron chi connectivity index (χ2n) is 7.11. The fraction of sp³-hybridized carbons (Fsp3) is 0.579. The first-order valence-electron chi connectivity index (χ1n) is 8.82. The van der Waals surface area contributed by atoms with Crippen molar-refractivity contribution in [3.63, 3.8) is 0 Å². The van der Waals surface area contributed by atoms with E-state index in [0.29, 0.717) is 32.6 Å². The van der Waals surface area contributed by atoms with E-state index in [2.05, 4.69) is 5.32 Å². The van der Waals surface area contributed by atoms with Gasteiger partial charge in [0, 0.05) is 24.9 Å². The number of carboxylic acid groups (broad SMARTS) is 1. The first kappa shape index (κ1) is 17.7. The van der Waals surface area contributed by atoms with Gasteiger partial charge in [-0.15, -0.1) is 0 Å². The average Bonchev–Trinajstić information content (AvgIpc) is 3.02. The number of rotatable bonds is 7. The van der Waals surface area contributed by atoms with Crippen LogP contribution >= 0.6 is 0 Å². The first-order valence-corrected chi connectivity index (χ1v) is 8.82. The number of aliphatic carboxylic acids is 1. The van der Waals surface area contributed by atoms with Gasteiger partial charge in [0.2, 0.25) is 5.91 Å². The van der Waals surface area contributed by atoms with Crippen molar-refractivity contribution < 1.29 is 24.2 Å². The smallest absolute Gasteiger partial charge is 0.310 e. The number of ether oxygens (including phenoxy) is 2. The summed E-state index contributed by atoms with van der Waals surface area (Å²) >= 11 is 0. The summed E-state index contributed by atoms with van der Waals surface area (Å²) in [4.78, 5) is 23.6. The van der Waals surface area contributed by atoms with Gasteiger partial charge in [-0.1, -0.05) is 18.6 Å². The summed E-state index contributed by atoms with van der Waals surface area (Å²) < 4.78 is 11.4. The number of amides is 1. The molecule has 2 aliphatic rings. The van der Waals surface area contributed by atoms with E-state index in [1.54, 1.807) is 0 Å². The lowest BCUT2D eigenvalue weighted by Gasteiger charge is -2.36. The van der Waals surface area contributed by atoms with Crippen molar-refractivity contribution in [3.05, 3.63) is 29.3 Å². The van der Waals surface area contributed by atoms with Gasteiger partial charge in [0.1, 0.15) is 11.9 Å². The highest BCUT2D eigenvalue weighted by Crippen LogP contribution is 2.44. The largest absolute Gasteiger partial charge is 0.488 e. The molecule has 1 saturated heterocycles. The molecular weight excluding hydrogens is 322 g/mol. The van der Waals surface area contributed by atoms with Gasteiger partial charge in [0.15, 0.2) is 0 Å². The summed E-state index contributed by atoms with van der Waals surface area (Å²) in [6.45, 7) is 3.62. The molecule has 6 heteroatoms. The summed E-state index contributed by atoms with van der Waals surface area (Å²) in [5, 5.41) is 12.2. The average molecular weight is 347 g/mol. The lowest BCUT2D eigenvalue weighted by molar-refractivity contribution is -0.157. The molecule has 1 heterocycles. The molecule has 1 aliphatic carbocycles. The number of hydrogen-bond acceptors (Lipinski definition) is 4. The second-order valence-corrected chi connectivity index (χ2v) is 7.11. The summed E-state index contributed by atoms with van der Waals surface area (Å²) in [5.74, 6) is -0.334. The zero-order chi connectivity index (χ0) is 17.9. The Hall–Kier alpha value is -2.08. The maximum Gasteiger partial charge on any atom is 0.310 e. The molecule has 1 aliphatic heterocycles. The van der Waals surface area contributed by atoms with Gasteiger partial charge >= 0.3 is 5.97 Å². The van der Waals surface area contributed by atoms with Crippen LogP contribution in [0.4, 0.5) is 0 Å². The normalized spacial score (nSPS) is 21.4. The Morgan fingerprint density at radius 1 is 1.40 bits per heavy atom. The monoisotopic (exact) mass is 347 g/mol. The minimum atomic E-state index is -0.866. The minimum absolute atomic E-state index is 0.0425.